The SMILES string of the molecule is O=C(CNc1ccc2c(c1)nc(NC(=O)c1ccc(-c3cnco3)s1)n2CCCO)c1ccccc1. The van der Waals surface area contributed by atoms with E-state index in [-0.39, 0.29) is 24.8 Å². The lowest BCUT2D eigenvalue weighted by Crippen LogP contribution is -2.15. The van der Waals surface area contributed by atoms with E-state index < -0.39 is 0 Å². The molecule has 3 N–H and O–H groups in total. The summed E-state index contributed by atoms with van der Waals surface area (Å²) in [5.41, 5.74) is 2.86. The number of carbonyl (C=O) groups excluding carboxylic acids is 2. The van der Waals surface area contributed by atoms with Crippen molar-refractivity contribution in [3.63, 3.8) is 0 Å². The lowest BCUT2D eigenvalue weighted by Gasteiger charge is -2.09. The lowest BCUT2D eigenvalue weighted by molar-refractivity contribution is 0.100. The predicted octanol–water partition coefficient (Wildman–Crippen LogP) is 4.68. The largest absolute Gasteiger partial charge is 0.443 e. The van der Waals surface area contributed by atoms with Gasteiger partial charge in [-0.15, -0.1) is 11.3 Å². The molecule has 5 rings (SSSR count). The number of Topliss-reactive ketones (excluding diaryl/α,β-unsaturated/α-hetero) is 1. The monoisotopic (exact) mass is 501 g/mol. The van der Waals surface area contributed by atoms with Crippen molar-refractivity contribution < 1.29 is 19.1 Å². The van der Waals surface area contributed by atoms with Crippen molar-refractivity contribution in [3.8, 4) is 10.6 Å². The van der Waals surface area contributed by atoms with Crippen molar-refractivity contribution in [2.24, 2.45) is 0 Å². The molecule has 182 valence electrons. The van der Waals surface area contributed by atoms with E-state index in [4.69, 9.17) is 4.42 Å². The molecule has 36 heavy (non-hydrogen) atoms. The second-order valence-electron chi connectivity index (χ2n) is 7.99. The van der Waals surface area contributed by atoms with Crippen LogP contribution >= 0.6 is 11.3 Å². The number of hydrogen-bond acceptors (Lipinski definition) is 8. The summed E-state index contributed by atoms with van der Waals surface area (Å²) in [5, 5.41) is 15.4. The second-order valence-corrected chi connectivity index (χ2v) is 9.08. The van der Waals surface area contributed by atoms with Crippen LogP contribution in [0.5, 0.6) is 0 Å². The Hall–Kier alpha value is -4.28. The molecule has 0 spiro atoms. The van der Waals surface area contributed by atoms with Gasteiger partial charge >= 0.3 is 0 Å². The fourth-order valence-corrected chi connectivity index (χ4v) is 4.65. The summed E-state index contributed by atoms with van der Waals surface area (Å²) in [6.45, 7) is 0.644. The summed E-state index contributed by atoms with van der Waals surface area (Å²) in [6.07, 6.45) is 3.45. The number of imidazole rings is 1. The fraction of sp³-hybridized carbons (Fsp3) is 0.154. The zero-order chi connectivity index (χ0) is 24.9. The van der Waals surface area contributed by atoms with Gasteiger partial charge in [0.2, 0.25) is 5.95 Å². The van der Waals surface area contributed by atoms with Gasteiger partial charge in [-0.2, -0.15) is 0 Å². The first-order valence-electron chi connectivity index (χ1n) is 11.4. The van der Waals surface area contributed by atoms with E-state index in [0.29, 0.717) is 40.6 Å². The number of aliphatic hydroxyl groups excluding tert-OH is 1. The van der Waals surface area contributed by atoms with Gasteiger partial charge in [0.15, 0.2) is 17.9 Å². The summed E-state index contributed by atoms with van der Waals surface area (Å²) < 4.78 is 7.17. The highest BCUT2D eigenvalue weighted by atomic mass is 32.1. The van der Waals surface area contributed by atoms with Crippen molar-refractivity contribution in [2.75, 3.05) is 23.8 Å². The zero-order valence-electron chi connectivity index (χ0n) is 19.2. The number of fused-ring (bicyclic) bond motifs is 1. The number of ketones is 1. The molecule has 0 radical (unpaired) electrons. The van der Waals surface area contributed by atoms with Crippen LogP contribution in [0.3, 0.4) is 0 Å². The van der Waals surface area contributed by atoms with Gasteiger partial charge in [0.25, 0.3) is 5.91 Å². The smallest absolute Gasteiger partial charge is 0.268 e. The number of aromatic nitrogens is 3. The molecule has 0 aliphatic rings. The third kappa shape index (κ3) is 5.04. The normalized spacial score (nSPS) is 11.0. The van der Waals surface area contributed by atoms with Crippen LogP contribution in [0.15, 0.2) is 77.7 Å². The summed E-state index contributed by atoms with van der Waals surface area (Å²) in [7, 11) is 0. The van der Waals surface area contributed by atoms with Crippen LogP contribution in [-0.2, 0) is 6.54 Å². The van der Waals surface area contributed by atoms with Gasteiger partial charge in [-0.25, -0.2) is 9.97 Å². The highest BCUT2D eigenvalue weighted by Crippen LogP contribution is 2.29. The zero-order valence-corrected chi connectivity index (χ0v) is 20.0. The maximum absolute atomic E-state index is 13.0. The van der Waals surface area contributed by atoms with Gasteiger partial charge in [-0.05, 0) is 36.8 Å². The number of aryl methyl sites for hydroxylation is 1. The number of amides is 1. The standard InChI is InChI=1S/C26H23N5O4S/c32-12-4-11-31-20-8-7-18(28-14-21(33)17-5-2-1-3-6-17)13-19(20)29-26(31)30-25(34)24-10-9-23(36-24)22-15-27-16-35-22/h1-3,5-10,13,15-16,28,32H,4,11-12,14H2,(H,29,30,34). The molecule has 0 saturated heterocycles. The van der Waals surface area contributed by atoms with Crippen LogP contribution in [0.1, 0.15) is 26.5 Å². The highest BCUT2D eigenvalue weighted by Gasteiger charge is 2.17. The van der Waals surface area contributed by atoms with Crippen molar-refractivity contribution in [3.05, 3.63) is 83.7 Å². The second kappa shape index (κ2) is 10.5. The van der Waals surface area contributed by atoms with E-state index >= 15 is 0 Å². The number of nitrogens with zero attached hydrogens (tertiary/aromatic N) is 3. The van der Waals surface area contributed by atoms with Gasteiger partial charge in [0, 0.05) is 24.4 Å². The van der Waals surface area contributed by atoms with Crippen molar-refractivity contribution in [1.82, 2.24) is 14.5 Å². The minimum absolute atomic E-state index is 0.0137. The molecule has 0 fully saturated rings. The van der Waals surface area contributed by atoms with Gasteiger partial charge in [0.05, 0.1) is 33.5 Å². The third-order valence-electron chi connectivity index (χ3n) is 5.57. The molecule has 0 saturated carbocycles. The molecule has 0 aliphatic heterocycles. The molecule has 9 nitrogen and oxygen atoms in total. The molecule has 0 unspecified atom stereocenters. The first-order valence-corrected chi connectivity index (χ1v) is 12.2. The average Bonchev–Trinajstić information content (AvgIpc) is 3.66. The van der Waals surface area contributed by atoms with Crippen molar-refractivity contribution in [2.45, 2.75) is 13.0 Å². The molecule has 3 aromatic heterocycles. The number of carbonyl (C=O) groups is 2. The first kappa shape index (κ1) is 23.5. The van der Waals surface area contributed by atoms with E-state index in [1.165, 1.54) is 17.7 Å². The maximum atomic E-state index is 13.0. The molecule has 1 amide bonds. The minimum atomic E-state index is -0.293. The number of oxazole rings is 1. The lowest BCUT2D eigenvalue weighted by atomic mass is 10.1. The minimum Gasteiger partial charge on any atom is -0.443 e. The van der Waals surface area contributed by atoms with Crippen LogP contribution in [-0.4, -0.2) is 44.5 Å². The predicted molar refractivity (Wildman–Crippen MR) is 138 cm³/mol. The number of rotatable bonds is 10. The van der Waals surface area contributed by atoms with E-state index in [0.717, 1.165) is 16.1 Å². The number of nitrogens with one attached hydrogen (secondary N) is 2. The number of benzene rings is 2. The Morgan fingerprint density at radius 2 is 1.94 bits per heavy atom. The van der Waals surface area contributed by atoms with Crippen LogP contribution in [0.4, 0.5) is 11.6 Å². The van der Waals surface area contributed by atoms with Crippen LogP contribution in [0.2, 0.25) is 0 Å². The Balaban J connectivity index is 1.35. The number of thiophene rings is 1. The molecule has 0 atom stereocenters. The van der Waals surface area contributed by atoms with Gasteiger partial charge in [-0.3, -0.25) is 14.9 Å². The van der Waals surface area contributed by atoms with Gasteiger partial charge in [0.1, 0.15) is 0 Å². The van der Waals surface area contributed by atoms with Crippen LogP contribution < -0.4 is 10.6 Å². The summed E-state index contributed by atoms with van der Waals surface area (Å²) in [4.78, 5) is 35.3. The average molecular weight is 502 g/mol. The molecule has 2 aromatic carbocycles. The molecular weight excluding hydrogens is 478 g/mol. The highest BCUT2D eigenvalue weighted by molar-refractivity contribution is 7.17. The summed E-state index contributed by atoms with van der Waals surface area (Å²) >= 11 is 1.29. The molecule has 0 aliphatic carbocycles. The third-order valence-corrected chi connectivity index (χ3v) is 6.67. The Labute approximate surface area is 210 Å². The Morgan fingerprint density at radius 1 is 1.08 bits per heavy atom. The molecule has 10 heteroatoms. The Bertz CT molecular complexity index is 1490. The Morgan fingerprint density at radius 3 is 2.72 bits per heavy atom. The number of aliphatic hydroxyl groups is 1. The van der Waals surface area contributed by atoms with E-state index in [1.54, 1.807) is 24.4 Å². The van der Waals surface area contributed by atoms with E-state index in [1.807, 2.05) is 47.0 Å². The molecule has 3 heterocycles. The summed E-state index contributed by atoms with van der Waals surface area (Å²) in [5.74, 6) is 0.673. The molecule has 0 bridgehead atoms. The van der Waals surface area contributed by atoms with Gasteiger partial charge in [-0.1, -0.05) is 30.3 Å². The van der Waals surface area contributed by atoms with Gasteiger partial charge < -0.3 is 19.4 Å². The quantitative estimate of drug-likeness (QED) is 0.237. The maximum Gasteiger partial charge on any atom is 0.268 e. The Kier molecular flexibility index (Phi) is 6.87. The van der Waals surface area contributed by atoms with E-state index in [9.17, 15) is 14.7 Å². The summed E-state index contributed by atoms with van der Waals surface area (Å²) in [6, 6.07) is 18.2. The number of hydrogen-bond donors (Lipinski definition) is 3. The van der Waals surface area contributed by atoms with Crippen LogP contribution in [0.25, 0.3) is 21.7 Å². The van der Waals surface area contributed by atoms with Crippen molar-refractivity contribution >= 4 is 45.7 Å². The van der Waals surface area contributed by atoms with Crippen molar-refractivity contribution in [1.29, 1.82) is 0 Å². The first-order chi connectivity index (χ1) is 17.6. The molecule has 5 aromatic rings. The topological polar surface area (TPSA) is 122 Å². The molecular formula is C26H23N5O4S. The fourth-order valence-electron chi connectivity index (χ4n) is 3.79. The van der Waals surface area contributed by atoms with Crippen LogP contribution in [0, 0.1) is 0 Å². The van der Waals surface area contributed by atoms with E-state index in [2.05, 4.69) is 20.6 Å². The number of anilines is 2.